The summed E-state index contributed by atoms with van der Waals surface area (Å²) in [4.78, 5) is 4.11. The van der Waals surface area contributed by atoms with Gasteiger partial charge in [-0.05, 0) is 57.3 Å². The van der Waals surface area contributed by atoms with Gasteiger partial charge in [0.05, 0.1) is 33.7 Å². The van der Waals surface area contributed by atoms with Gasteiger partial charge in [0.2, 0.25) is 0 Å². The topological polar surface area (TPSA) is 51.6 Å². The highest BCUT2D eigenvalue weighted by molar-refractivity contribution is 7.85. The number of aromatic nitrogens is 1. The Bertz CT molecular complexity index is 986. The lowest BCUT2D eigenvalue weighted by Gasteiger charge is -2.18. The van der Waals surface area contributed by atoms with E-state index in [0.29, 0.717) is 0 Å². The third-order valence-corrected chi connectivity index (χ3v) is 5.81. The van der Waals surface area contributed by atoms with E-state index in [9.17, 15) is 17.4 Å². The summed E-state index contributed by atoms with van der Waals surface area (Å²) in [6, 6.07) is 5.02. The van der Waals surface area contributed by atoms with Crippen LogP contribution in [0.25, 0.3) is 11.3 Å². The number of ether oxygens (including phenoxy) is 1. The van der Waals surface area contributed by atoms with Gasteiger partial charge in [0.25, 0.3) is 0 Å². The predicted octanol–water partition coefficient (Wildman–Crippen LogP) is 5.62. The number of hydrogen-bond donors (Lipinski definition) is 0. The maximum Gasteiger partial charge on any atom is 0.417 e. The molecule has 0 aliphatic heterocycles. The summed E-state index contributed by atoms with van der Waals surface area (Å²) < 4.78 is 62.0. The average Bonchev–Trinajstić information content (AvgIpc) is 2.64. The Labute approximate surface area is 179 Å². The van der Waals surface area contributed by atoms with Gasteiger partial charge in [-0.25, -0.2) is 4.21 Å². The number of methoxy groups -OCH3 is 1. The van der Waals surface area contributed by atoms with Crippen LogP contribution >= 0.6 is 23.8 Å². The molecule has 1 aromatic heterocycles. The Morgan fingerprint density at radius 3 is 2.48 bits per heavy atom. The van der Waals surface area contributed by atoms with E-state index in [1.165, 1.54) is 25.4 Å². The highest BCUT2D eigenvalue weighted by atomic mass is 35.5. The first-order valence-electron chi connectivity index (χ1n) is 8.27. The molecule has 1 heterocycles. The van der Waals surface area contributed by atoms with Crippen molar-refractivity contribution < 1.29 is 22.1 Å². The lowest BCUT2D eigenvalue weighted by atomic mass is 9.95. The first-order valence-corrected chi connectivity index (χ1v) is 10.2. The largest absolute Gasteiger partial charge is 0.486 e. The fourth-order valence-corrected chi connectivity index (χ4v) is 3.24. The van der Waals surface area contributed by atoms with Gasteiger partial charge in [-0.3, -0.25) is 4.98 Å². The summed E-state index contributed by atoms with van der Waals surface area (Å²) in [6.07, 6.45) is -2.27. The van der Waals surface area contributed by atoms with Gasteiger partial charge in [-0.2, -0.15) is 17.6 Å². The smallest absolute Gasteiger partial charge is 0.417 e. The van der Waals surface area contributed by atoms with Crippen molar-refractivity contribution in [2.45, 2.75) is 31.7 Å². The van der Waals surface area contributed by atoms with Crippen molar-refractivity contribution >= 4 is 46.1 Å². The van der Waals surface area contributed by atoms with Crippen molar-refractivity contribution in [2.24, 2.45) is 4.40 Å². The van der Waals surface area contributed by atoms with Crippen LogP contribution in [0.4, 0.5) is 13.2 Å². The Kier molecular flexibility index (Phi) is 7.19. The molecule has 0 bridgehead atoms. The molecule has 0 N–H and O–H groups in total. The number of thiocarbonyl (C=S) groups is 1. The van der Waals surface area contributed by atoms with Crippen LogP contribution in [-0.2, 0) is 21.9 Å². The zero-order chi connectivity index (χ0) is 22.0. The van der Waals surface area contributed by atoms with Crippen molar-refractivity contribution in [3.63, 3.8) is 0 Å². The molecule has 2 aromatic rings. The third-order valence-electron chi connectivity index (χ3n) is 3.75. The minimum atomic E-state index is -4.70. The summed E-state index contributed by atoms with van der Waals surface area (Å²) in [6.45, 7) is 5.09. The Morgan fingerprint density at radius 1 is 1.28 bits per heavy atom. The monoisotopic (exact) mass is 462 g/mol. The maximum absolute atomic E-state index is 13.8. The van der Waals surface area contributed by atoms with Gasteiger partial charge in [0, 0.05) is 23.5 Å². The first-order chi connectivity index (χ1) is 13.4. The molecule has 0 saturated heterocycles. The molecule has 0 aliphatic rings. The number of rotatable bonds is 4. The van der Waals surface area contributed by atoms with Crippen LogP contribution < -0.4 is 0 Å². The van der Waals surface area contributed by atoms with Crippen LogP contribution in [-0.4, -0.2) is 32.3 Å². The molecule has 0 saturated carbocycles. The second-order valence-electron chi connectivity index (χ2n) is 6.87. The fourth-order valence-electron chi connectivity index (χ4n) is 2.35. The van der Waals surface area contributed by atoms with E-state index in [-0.39, 0.29) is 32.5 Å². The molecule has 1 aromatic carbocycles. The van der Waals surface area contributed by atoms with Crippen LogP contribution in [0.5, 0.6) is 0 Å². The highest BCUT2D eigenvalue weighted by Crippen LogP contribution is 2.41. The molecule has 0 spiro atoms. The summed E-state index contributed by atoms with van der Waals surface area (Å²) in [5.41, 5.74) is -1.20. The molecule has 0 radical (unpaired) electrons. The Morgan fingerprint density at radius 2 is 1.93 bits per heavy atom. The Hall–Kier alpha value is -1.84. The second kappa shape index (κ2) is 8.89. The average molecular weight is 463 g/mol. The molecule has 1 unspecified atom stereocenters. The molecule has 2 rings (SSSR count). The SMILES string of the molecule is COC(=S)c1cccnc1-c1c(C(F)(F)F)ccc(Cl)c1/C=N/S(=O)C(C)(C)C. The van der Waals surface area contributed by atoms with E-state index in [2.05, 4.69) is 9.38 Å². The lowest BCUT2D eigenvalue weighted by Crippen LogP contribution is -2.20. The van der Waals surface area contributed by atoms with Gasteiger partial charge in [0.15, 0.2) is 5.05 Å². The van der Waals surface area contributed by atoms with Gasteiger partial charge in [-0.1, -0.05) is 11.6 Å². The van der Waals surface area contributed by atoms with E-state index in [1.54, 1.807) is 20.8 Å². The van der Waals surface area contributed by atoms with Gasteiger partial charge >= 0.3 is 6.18 Å². The van der Waals surface area contributed by atoms with Crippen LogP contribution in [0, 0.1) is 0 Å². The summed E-state index contributed by atoms with van der Waals surface area (Å²) >= 11 is 11.3. The van der Waals surface area contributed by atoms with Crippen LogP contribution in [0.2, 0.25) is 5.02 Å². The molecule has 1 atom stereocenters. The fraction of sp³-hybridized carbons (Fsp3) is 0.316. The van der Waals surface area contributed by atoms with Crippen LogP contribution in [0.15, 0.2) is 34.9 Å². The minimum Gasteiger partial charge on any atom is -0.486 e. The summed E-state index contributed by atoms with van der Waals surface area (Å²) in [7, 11) is -0.380. The third kappa shape index (κ3) is 5.40. The van der Waals surface area contributed by atoms with E-state index >= 15 is 0 Å². The predicted molar refractivity (Wildman–Crippen MR) is 114 cm³/mol. The van der Waals surface area contributed by atoms with Crippen LogP contribution in [0.1, 0.15) is 37.5 Å². The number of nitrogens with zero attached hydrogens (tertiary/aromatic N) is 2. The number of hydrogen-bond acceptors (Lipinski definition) is 4. The zero-order valence-electron chi connectivity index (χ0n) is 16.0. The molecule has 29 heavy (non-hydrogen) atoms. The van der Waals surface area contributed by atoms with Crippen molar-refractivity contribution in [3.8, 4) is 11.3 Å². The van der Waals surface area contributed by atoms with E-state index in [1.807, 2.05) is 0 Å². The lowest BCUT2D eigenvalue weighted by molar-refractivity contribution is -0.137. The number of benzene rings is 1. The standard InChI is InChI=1S/C19H18ClF3N2O2S2/c1-18(2,3)29(26)25-10-12-14(20)8-7-13(19(21,22)23)15(12)16-11(17(28)27-4)6-5-9-24-16/h5-10H,1-4H3/b25-10+. The minimum absolute atomic E-state index is 0.00241. The van der Waals surface area contributed by atoms with Crippen molar-refractivity contribution in [3.05, 3.63) is 52.2 Å². The first kappa shape index (κ1) is 23.4. The molecule has 0 fully saturated rings. The van der Waals surface area contributed by atoms with Crippen LogP contribution in [0.3, 0.4) is 0 Å². The molecular weight excluding hydrogens is 445 g/mol. The number of halogens is 4. The van der Waals surface area contributed by atoms with Crippen molar-refractivity contribution in [2.75, 3.05) is 7.11 Å². The van der Waals surface area contributed by atoms with E-state index in [0.717, 1.165) is 18.3 Å². The quantitative estimate of drug-likeness (QED) is 0.437. The normalized spacial score (nSPS) is 13.5. The van der Waals surface area contributed by atoms with Crippen molar-refractivity contribution in [1.82, 2.24) is 4.98 Å². The molecule has 0 amide bonds. The molecular formula is C19H18ClF3N2O2S2. The summed E-state index contributed by atoms with van der Waals surface area (Å²) in [5.74, 6) is 0. The highest BCUT2D eigenvalue weighted by Gasteiger charge is 2.36. The Balaban J connectivity index is 2.86. The van der Waals surface area contributed by atoms with E-state index in [4.69, 9.17) is 28.6 Å². The zero-order valence-corrected chi connectivity index (χ0v) is 18.4. The summed E-state index contributed by atoms with van der Waals surface area (Å²) in [5, 5.41) is -0.0232. The molecule has 4 nitrogen and oxygen atoms in total. The number of pyridine rings is 1. The molecule has 156 valence electrons. The molecule has 0 aliphatic carbocycles. The molecule has 10 heteroatoms. The van der Waals surface area contributed by atoms with E-state index < -0.39 is 27.5 Å². The van der Waals surface area contributed by atoms with Crippen molar-refractivity contribution in [1.29, 1.82) is 0 Å². The second-order valence-corrected chi connectivity index (χ2v) is 9.58. The van der Waals surface area contributed by atoms with Gasteiger partial charge in [-0.15, -0.1) is 0 Å². The van der Waals surface area contributed by atoms with Gasteiger partial charge < -0.3 is 4.74 Å². The maximum atomic E-state index is 13.8. The number of alkyl halides is 3. The van der Waals surface area contributed by atoms with Gasteiger partial charge in [0.1, 0.15) is 11.0 Å².